The summed E-state index contributed by atoms with van der Waals surface area (Å²) in [5, 5.41) is 3.31. The smallest absolute Gasteiger partial charge is 0.211 e. The van der Waals surface area contributed by atoms with E-state index in [1.165, 1.54) is 0 Å². The first-order valence-corrected chi connectivity index (χ1v) is 6.20. The molecule has 0 aliphatic carbocycles. The molecule has 0 spiro atoms. The molecule has 0 aliphatic heterocycles. The predicted octanol–water partition coefficient (Wildman–Crippen LogP) is 2.99. The quantitative estimate of drug-likeness (QED) is 0.942. The second-order valence-corrected chi connectivity index (χ2v) is 4.80. The Labute approximate surface area is 109 Å². The van der Waals surface area contributed by atoms with Crippen molar-refractivity contribution < 1.29 is 4.42 Å². The topological polar surface area (TPSA) is 51.0 Å². The summed E-state index contributed by atoms with van der Waals surface area (Å²) >= 11 is 3.36. The highest BCUT2D eigenvalue weighted by Crippen LogP contribution is 2.13. The van der Waals surface area contributed by atoms with Crippen LogP contribution in [0.1, 0.15) is 30.3 Å². The van der Waals surface area contributed by atoms with E-state index in [1.54, 1.807) is 12.4 Å². The van der Waals surface area contributed by atoms with Gasteiger partial charge in [-0.05, 0) is 41.9 Å². The zero-order valence-corrected chi connectivity index (χ0v) is 11.4. The minimum absolute atomic E-state index is 0.0779. The second kappa shape index (κ2) is 5.42. The largest absolute Gasteiger partial charge is 0.444 e. The Hall–Kier alpha value is -1.20. The maximum Gasteiger partial charge on any atom is 0.211 e. The van der Waals surface area contributed by atoms with E-state index in [0.29, 0.717) is 12.4 Å². The standard InChI is InChI=1S/C12H14BrN3O/c1-8-5-16-12(17-8)9(2)14-7-11-4-3-10(13)6-15-11/h3-6,9,14H,7H2,1-2H3. The van der Waals surface area contributed by atoms with E-state index in [9.17, 15) is 0 Å². The highest BCUT2D eigenvalue weighted by molar-refractivity contribution is 9.10. The molecule has 4 nitrogen and oxygen atoms in total. The Morgan fingerprint density at radius 2 is 2.18 bits per heavy atom. The SMILES string of the molecule is Cc1cnc(C(C)NCc2ccc(Br)cn2)o1. The van der Waals surface area contributed by atoms with Crippen LogP contribution in [0.25, 0.3) is 0 Å². The Balaban J connectivity index is 1.92. The lowest BCUT2D eigenvalue weighted by Crippen LogP contribution is -2.18. The number of aromatic nitrogens is 2. The van der Waals surface area contributed by atoms with Crippen molar-refractivity contribution in [1.82, 2.24) is 15.3 Å². The Kier molecular flexibility index (Phi) is 3.91. The van der Waals surface area contributed by atoms with Gasteiger partial charge >= 0.3 is 0 Å². The molecule has 0 bridgehead atoms. The lowest BCUT2D eigenvalue weighted by Gasteiger charge is -2.09. The average molecular weight is 296 g/mol. The van der Waals surface area contributed by atoms with Crippen LogP contribution in [0.5, 0.6) is 0 Å². The number of nitrogens with one attached hydrogen (secondary N) is 1. The number of halogens is 1. The molecule has 0 saturated heterocycles. The van der Waals surface area contributed by atoms with Crippen molar-refractivity contribution in [2.24, 2.45) is 0 Å². The fourth-order valence-electron chi connectivity index (χ4n) is 1.43. The van der Waals surface area contributed by atoms with Crippen LogP contribution in [0.4, 0.5) is 0 Å². The van der Waals surface area contributed by atoms with Gasteiger partial charge < -0.3 is 9.73 Å². The van der Waals surface area contributed by atoms with Gasteiger partial charge in [0, 0.05) is 17.2 Å². The number of rotatable bonds is 4. The number of nitrogens with zero attached hydrogens (tertiary/aromatic N) is 2. The minimum atomic E-state index is 0.0779. The monoisotopic (exact) mass is 295 g/mol. The molecule has 2 heterocycles. The second-order valence-electron chi connectivity index (χ2n) is 3.88. The number of aryl methyl sites for hydroxylation is 1. The van der Waals surface area contributed by atoms with Gasteiger partial charge in [0.1, 0.15) is 5.76 Å². The van der Waals surface area contributed by atoms with Gasteiger partial charge in [-0.1, -0.05) is 0 Å². The lowest BCUT2D eigenvalue weighted by atomic mass is 10.3. The summed E-state index contributed by atoms with van der Waals surface area (Å²) in [7, 11) is 0. The molecule has 2 rings (SSSR count). The van der Waals surface area contributed by atoms with Gasteiger partial charge in [-0.2, -0.15) is 0 Å². The molecule has 0 aromatic carbocycles. The van der Waals surface area contributed by atoms with E-state index in [1.807, 2.05) is 26.0 Å². The van der Waals surface area contributed by atoms with Gasteiger partial charge in [0.15, 0.2) is 0 Å². The van der Waals surface area contributed by atoms with Crippen LogP contribution < -0.4 is 5.32 Å². The fraction of sp³-hybridized carbons (Fsp3) is 0.333. The minimum Gasteiger partial charge on any atom is -0.444 e. The molecule has 17 heavy (non-hydrogen) atoms. The molecule has 90 valence electrons. The molecule has 0 fully saturated rings. The summed E-state index contributed by atoms with van der Waals surface area (Å²) in [6.07, 6.45) is 3.52. The Bertz CT molecular complexity index is 481. The van der Waals surface area contributed by atoms with Crippen LogP contribution in [-0.4, -0.2) is 9.97 Å². The molecular weight excluding hydrogens is 282 g/mol. The van der Waals surface area contributed by atoms with Crippen LogP contribution in [0.15, 0.2) is 33.4 Å². The summed E-state index contributed by atoms with van der Waals surface area (Å²) in [6.45, 7) is 4.60. The van der Waals surface area contributed by atoms with Gasteiger partial charge in [0.25, 0.3) is 0 Å². The van der Waals surface area contributed by atoms with Crippen molar-refractivity contribution in [2.75, 3.05) is 0 Å². The van der Waals surface area contributed by atoms with E-state index < -0.39 is 0 Å². The maximum atomic E-state index is 5.45. The third-order valence-corrected chi connectivity index (χ3v) is 2.86. The van der Waals surface area contributed by atoms with Gasteiger partial charge in [-0.25, -0.2) is 4.98 Å². The molecule has 1 atom stereocenters. The van der Waals surface area contributed by atoms with Gasteiger partial charge in [-0.15, -0.1) is 0 Å². The Morgan fingerprint density at radius 3 is 2.76 bits per heavy atom. The summed E-state index contributed by atoms with van der Waals surface area (Å²) in [4.78, 5) is 8.47. The summed E-state index contributed by atoms with van der Waals surface area (Å²) < 4.78 is 6.44. The molecule has 2 aromatic rings. The van der Waals surface area contributed by atoms with E-state index in [0.717, 1.165) is 15.9 Å². The van der Waals surface area contributed by atoms with Crippen LogP contribution in [-0.2, 0) is 6.54 Å². The summed E-state index contributed by atoms with van der Waals surface area (Å²) in [5.41, 5.74) is 0.989. The first kappa shape index (κ1) is 12.3. The molecule has 0 amide bonds. The van der Waals surface area contributed by atoms with Gasteiger partial charge in [0.2, 0.25) is 5.89 Å². The molecule has 2 aromatic heterocycles. The first-order valence-electron chi connectivity index (χ1n) is 5.41. The molecule has 1 N–H and O–H groups in total. The summed E-state index contributed by atoms with van der Waals surface area (Å²) in [6, 6.07) is 4.03. The molecular formula is C12H14BrN3O. The molecule has 1 unspecified atom stereocenters. The van der Waals surface area contributed by atoms with Crippen LogP contribution in [0.3, 0.4) is 0 Å². The fourth-order valence-corrected chi connectivity index (χ4v) is 1.66. The lowest BCUT2D eigenvalue weighted by molar-refractivity contribution is 0.401. The number of pyridine rings is 1. The van der Waals surface area contributed by atoms with Crippen molar-refractivity contribution in [3.05, 3.63) is 46.3 Å². The third kappa shape index (κ3) is 3.38. The van der Waals surface area contributed by atoms with Gasteiger partial charge in [-0.3, -0.25) is 4.98 Å². The Morgan fingerprint density at radius 1 is 1.35 bits per heavy atom. The molecule has 5 heteroatoms. The average Bonchev–Trinajstić information content (AvgIpc) is 2.75. The van der Waals surface area contributed by atoms with Crippen molar-refractivity contribution in [3.63, 3.8) is 0 Å². The third-order valence-electron chi connectivity index (χ3n) is 2.39. The van der Waals surface area contributed by atoms with E-state index in [-0.39, 0.29) is 6.04 Å². The number of hydrogen-bond acceptors (Lipinski definition) is 4. The van der Waals surface area contributed by atoms with Crippen molar-refractivity contribution in [3.8, 4) is 0 Å². The van der Waals surface area contributed by atoms with Crippen LogP contribution in [0.2, 0.25) is 0 Å². The van der Waals surface area contributed by atoms with Gasteiger partial charge in [0.05, 0.1) is 17.9 Å². The van der Waals surface area contributed by atoms with E-state index in [2.05, 4.69) is 31.2 Å². The highest BCUT2D eigenvalue weighted by atomic mass is 79.9. The first-order chi connectivity index (χ1) is 8.15. The number of oxazole rings is 1. The van der Waals surface area contributed by atoms with Crippen molar-refractivity contribution in [1.29, 1.82) is 0 Å². The zero-order valence-electron chi connectivity index (χ0n) is 9.77. The molecule has 0 saturated carbocycles. The van der Waals surface area contributed by atoms with E-state index >= 15 is 0 Å². The van der Waals surface area contributed by atoms with E-state index in [4.69, 9.17) is 4.42 Å². The van der Waals surface area contributed by atoms with Crippen molar-refractivity contribution in [2.45, 2.75) is 26.4 Å². The zero-order chi connectivity index (χ0) is 12.3. The molecule has 0 aliphatic rings. The highest BCUT2D eigenvalue weighted by Gasteiger charge is 2.10. The van der Waals surface area contributed by atoms with Crippen molar-refractivity contribution >= 4 is 15.9 Å². The maximum absolute atomic E-state index is 5.45. The summed E-state index contributed by atoms with van der Waals surface area (Å²) in [5.74, 6) is 1.54. The number of hydrogen-bond donors (Lipinski definition) is 1. The van der Waals surface area contributed by atoms with Crippen LogP contribution >= 0.6 is 15.9 Å². The van der Waals surface area contributed by atoms with Crippen LogP contribution in [0, 0.1) is 6.92 Å². The molecule has 0 radical (unpaired) electrons. The normalized spacial score (nSPS) is 12.6. The predicted molar refractivity (Wildman–Crippen MR) is 68.4 cm³/mol.